The molecule has 0 aliphatic rings. The van der Waals surface area contributed by atoms with Crippen LogP contribution in [0.1, 0.15) is 5.82 Å². The van der Waals surface area contributed by atoms with Crippen molar-refractivity contribution in [1.82, 2.24) is 9.36 Å². The molecule has 0 saturated heterocycles. The number of alkyl halides is 5. The predicted molar refractivity (Wildman–Crippen MR) is 53.6 cm³/mol. The predicted octanol–water partition coefficient (Wildman–Crippen LogP) is 3.04. The zero-order chi connectivity index (χ0) is 10.8. The van der Waals surface area contributed by atoms with Gasteiger partial charge in [0.1, 0.15) is 0 Å². The van der Waals surface area contributed by atoms with Crippen molar-refractivity contribution in [2.45, 2.75) is 10.2 Å². The molecule has 0 atom stereocenters. The van der Waals surface area contributed by atoms with Gasteiger partial charge in [-0.1, -0.05) is 34.8 Å². The van der Waals surface area contributed by atoms with Crippen molar-refractivity contribution in [2.24, 2.45) is 0 Å². The van der Waals surface area contributed by atoms with E-state index < -0.39 is 16.8 Å². The Morgan fingerprint density at radius 2 is 2.07 bits per heavy atom. The second-order valence-corrected chi connectivity index (χ2v) is 5.23. The van der Waals surface area contributed by atoms with Crippen molar-refractivity contribution < 1.29 is 8.78 Å². The van der Waals surface area contributed by atoms with Crippen LogP contribution in [0.4, 0.5) is 13.9 Å². The van der Waals surface area contributed by atoms with Crippen molar-refractivity contribution >= 4 is 51.5 Å². The van der Waals surface area contributed by atoms with Gasteiger partial charge in [-0.05, 0) is 0 Å². The molecule has 0 unspecified atom stereocenters. The minimum absolute atomic E-state index is 0.0238. The molecule has 14 heavy (non-hydrogen) atoms. The van der Waals surface area contributed by atoms with Gasteiger partial charge < -0.3 is 5.32 Å². The van der Waals surface area contributed by atoms with Crippen molar-refractivity contribution in [3.05, 3.63) is 5.82 Å². The molecule has 0 aromatic carbocycles. The summed E-state index contributed by atoms with van der Waals surface area (Å²) in [4.78, 5) is 3.72. The third-order valence-electron chi connectivity index (χ3n) is 1.09. The third kappa shape index (κ3) is 3.68. The second-order valence-electron chi connectivity index (χ2n) is 2.19. The van der Waals surface area contributed by atoms with Gasteiger partial charge in [0.15, 0.2) is 5.82 Å². The standard InChI is InChI=1S/C5H4Cl3F2N3S/c6-5(7,8)3-12-4(14-13-3)11-1-2(9)10/h2H,1H2,(H,11,12,13). The minimum Gasteiger partial charge on any atom is -0.355 e. The first-order valence-corrected chi connectivity index (χ1v) is 5.23. The van der Waals surface area contributed by atoms with Crippen LogP contribution in [0.2, 0.25) is 0 Å². The lowest BCUT2D eigenvalue weighted by Crippen LogP contribution is -2.10. The molecule has 3 nitrogen and oxygen atoms in total. The van der Waals surface area contributed by atoms with E-state index in [1.54, 1.807) is 0 Å². The molecule has 1 N–H and O–H groups in total. The SMILES string of the molecule is FC(F)CNc1nc(C(Cl)(Cl)Cl)ns1. The van der Waals surface area contributed by atoms with Crippen LogP contribution in [0.15, 0.2) is 0 Å². The summed E-state index contributed by atoms with van der Waals surface area (Å²) in [6.07, 6.45) is -2.46. The molecule has 0 bridgehead atoms. The van der Waals surface area contributed by atoms with Crippen LogP contribution >= 0.6 is 46.3 Å². The van der Waals surface area contributed by atoms with E-state index in [2.05, 4.69) is 14.7 Å². The van der Waals surface area contributed by atoms with E-state index in [4.69, 9.17) is 34.8 Å². The van der Waals surface area contributed by atoms with Crippen molar-refractivity contribution in [3.63, 3.8) is 0 Å². The maximum Gasteiger partial charge on any atom is 0.255 e. The van der Waals surface area contributed by atoms with E-state index in [9.17, 15) is 8.78 Å². The van der Waals surface area contributed by atoms with Crippen LogP contribution in [0, 0.1) is 0 Å². The first kappa shape index (κ1) is 12.2. The zero-order valence-corrected chi connectivity index (χ0v) is 9.56. The molecule has 0 saturated carbocycles. The van der Waals surface area contributed by atoms with Gasteiger partial charge in [-0.25, -0.2) is 8.78 Å². The molecule has 1 aromatic rings. The lowest BCUT2D eigenvalue weighted by Gasteiger charge is -2.03. The average Bonchev–Trinajstić information content (AvgIpc) is 2.47. The highest BCUT2D eigenvalue weighted by Crippen LogP contribution is 2.37. The number of nitrogens with one attached hydrogen (secondary N) is 1. The van der Waals surface area contributed by atoms with Gasteiger partial charge in [-0.2, -0.15) is 9.36 Å². The summed E-state index contributed by atoms with van der Waals surface area (Å²) in [6.45, 7) is -0.505. The van der Waals surface area contributed by atoms with E-state index in [0.29, 0.717) is 0 Å². The monoisotopic (exact) mass is 281 g/mol. The molecule has 0 amide bonds. The summed E-state index contributed by atoms with van der Waals surface area (Å²) in [7, 11) is 0. The van der Waals surface area contributed by atoms with E-state index in [1.165, 1.54) is 0 Å². The van der Waals surface area contributed by atoms with Crippen molar-refractivity contribution in [1.29, 1.82) is 0 Å². The Bertz CT molecular complexity index is 301. The summed E-state index contributed by atoms with van der Waals surface area (Å²) in [6, 6.07) is 0. The Kier molecular flexibility index (Phi) is 4.12. The molecule has 1 rings (SSSR count). The maximum absolute atomic E-state index is 11.8. The Morgan fingerprint density at radius 1 is 1.43 bits per heavy atom. The molecule has 0 aliphatic heterocycles. The van der Waals surface area contributed by atoms with Crippen molar-refractivity contribution in [3.8, 4) is 0 Å². The Hall–Kier alpha value is 0.0900. The van der Waals surface area contributed by atoms with Gasteiger partial charge in [0.2, 0.25) is 5.13 Å². The number of halogens is 5. The van der Waals surface area contributed by atoms with E-state index >= 15 is 0 Å². The number of hydrogen-bond acceptors (Lipinski definition) is 4. The molecule has 80 valence electrons. The molecular weight excluding hydrogens is 278 g/mol. The molecule has 1 aromatic heterocycles. The smallest absolute Gasteiger partial charge is 0.255 e. The quantitative estimate of drug-likeness (QED) is 0.866. The summed E-state index contributed by atoms with van der Waals surface area (Å²) < 4.78 is 25.5. The summed E-state index contributed by atoms with van der Waals surface area (Å²) >= 11 is 17.3. The summed E-state index contributed by atoms with van der Waals surface area (Å²) in [5.74, 6) is -0.0238. The molecule has 0 aliphatic carbocycles. The average molecular weight is 283 g/mol. The van der Waals surface area contributed by atoms with Crippen LogP contribution in [0.3, 0.4) is 0 Å². The van der Waals surface area contributed by atoms with Crippen LogP contribution < -0.4 is 5.32 Å². The number of hydrogen-bond donors (Lipinski definition) is 1. The Labute approximate surface area is 97.5 Å². The molecule has 0 fully saturated rings. The first-order valence-electron chi connectivity index (χ1n) is 3.32. The summed E-state index contributed by atoms with van der Waals surface area (Å²) in [5, 5.41) is 2.56. The fourth-order valence-electron chi connectivity index (χ4n) is 0.575. The second kappa shape index (κ2) is 4.74. The molecule has 1 heterocycles. The number of rotatable bonds is 3. The van der Waals surface area contributed by atoms with Gasteiger partial charge in [-0.15, -0.1) is 0 Å². The molecular formula is C5H4Cl3F2N3S. The van der Waals surface area contributed by atoms with Gasteiger partial charge >= 0.3 is 0 Å². The fourth-order valence-corrected chi connectivity index (χ4v) is 1.60. The molecule has 9 heteroatoms. The largest absolute Gasteiger partial charge is 0.355 e. The van der Waals surface area contributed by atoms with E-state index in [1.807, 2.05) is 0 Å². The highest BCUT2D eigenvalue weighted by molar-refractivity contribution is 7.09. The number of nitrogens with zero attached hydrogens (tertiary/aromatic N) is 2. The zero-order valence-electron chi connectivity index (χ0n) is 6.48. The van der Waals surface area contributed by atoms with E-state index in [-0.39, 0.29) is 11.0 Å². The normalized spacial score (nSPS) is 12.1. The first-order chi connectivity index (χ1) is 6.39. The topological polar surface area (TPSA) is 37.8 Å². The van der Waals surface area contributed by atoms with Crippen LogP contribution in [0.5, 0.6) is 0 Å². The highest BCUT2D eigenvalue weighted by atomic mass is 35.6. The number of anilines is 1. The molecule has 0 spiro atoms. The van der Waals surface area contributed by atoms with Gasteiger partial charge in [0, 0.05) is 11.5 Å². The Morgan fingerprint density at radius 3 is 2.50 bits per heavy atom. The van der Waals surface area contributed by atoms with Gasteiger partial charge in [-0.3, -0.25) is 0 Å². The maximum atomic E-state index is 11.8. The van der Waals surface area contributed by atoms with Gasteiger partial charge in [0.25, 0.3) is 10.2 Å². The summed E-state index contributed by atoms with van der Waals surface area (Å²) in [5.41, 5.74) is 0. The fraction of sp³-hybridized carbons (Fsp3) is 0.600. The van der Waals surface area contributed by atoms with Gasteiger partial charge in [0.05, 0.1) is 6.54 Å². The molecule has 0 radical (unpaired) electrons. The minimum atomic E-state index is -2.46. The highest BCUT2D eigenvalue weighted by Gasteiger charge is 2.28. The third-order valence-corrected chi connectivity index (χ3v) is 2.27. The van der Waals surface area contributed by atoms with Crippen molar-refractivity contribution in [2.75, 3.05) is 11.9 Å². The van der Waals surface area contributed by atoms with Crippen LogP contribution in [-0.4, -0.2) is 22.3 Å². The van der Waals surface area contributed by atoms with E-state index in [0.717, 1.165) is 11.5 Å². The van der Waals surface area contributed by atoms with Crippen LogP contribution in [-0.2, 0) is 3.79 Å². The number of aromatic nitrogens is 2. The lowest BCUT2D eigenvalue weighted by atomic mass is 10.7. The van der Waals surface area contributed by atoms with Crippen LogP contribution in [0.25, 0.3) is 0 Å². The Balaban J connectivity index is 2.60. The lowest BCUT2D eigenvalue weighted by molar-refractivity contribution is 0.163.